The summed E-state index contributed by atoms with van der Waals surface area (Å²) >= 11 is 1.65. The molecule has 6 heteroatoms. The van der Waals surface area contributed by atoms with Gasteiger partial charge in [-0.15, -0.1) is 11.3 Å². The van der Waals surface area contributed by atoms with Crippen LogP contribution in [0.2, 0.25) is 0 Å². The summed E-state index contributed by atoms with van der Waals surface area (Å²) in [4.78, 5) is 26.1. The predicted octanol–water partition coefficient (Wildman–Crippen LogP) is 2.47. The van der Waals surface area contributed by atoms with Crippen molar-refractivity contribution in [3.8, 4) is 0 Å². The number of rotatable bonds is 4. The van der Waals surface area contributed by atoms with E-state index in [1.54, 1.807) is 17.5 Å². The molecule has 1 spiro atoms. The van der Waals surface area contributed by atoms with Crippen LogP contribution in [-0.4, -0.2) is 45.3 Å². The van der Waals surface area contributed by atoms with Crippen molar-refractivity contribution in [1.29, 1.82) is 0 Å². The number of amides is 1. The first-order chi connectivity index (χ1) is 11.6. The molecular weight excluding hydrogens is 320 g/mol. The minimum atomic E-state index is -0.173. The van der Waals surface area contributed by atoms with Crippen molar-refractivity contribution in [3.63, 3.8) is 0 Å². The van der Waals surface area contributed by atoms with Crippen molar-refractivity contribution in [3.05, 3.63) is 46.2 Å². The molecule has 0 aromatic carbocycles. The summed E-state index contributed by atoms with van der Waals surface area (Å²) in [7, 11) is 0. The Balaban J connectivity index is 1.40. The average Bonchev–Trinajstić information content (AvgIpc) is 3.26. The summed E-state index contributed by atoms with van der Waals surface area (Å²) in [5, 5.41) is 3.13. The number of nitrogens with zero attached hydrogens (tertiary/aromatic N) is 4. The lowest BCUT2D eigenvalue weighted by Gasteiger charge is -2.23. The fraction of sp³-hybridized carbons (Fsp3) is 0.500. The van der Waals surface area contributed by atoms with E-state index in [-0.39, 0.29) is 5.41 Å². The van der Waals surface area contributed by atoms with Crippen LogP contribution >= 0.6 is 11.3 Å². The first kappa shape index (κ1) is 15.7. The third-order valence-corrected chi connectivity index (χ3v) is 6.00. The van der Waals surface area contributed by atoms with Gasteiger partial charge in [-0.3, -0.25) is 14.7 Å². The van der Waals surface area contributed by atoms with Crippen LogP contribution in [0.4, 0.5) is 0 Å². The normalized spacial score (nSPS) is 24.4. The van der Waals surface area contributed by atoms with Crippen molar-refractivity contribution in [1.82, 2.24) is 19.8 Å². The molecule has 4 rings (SSSR count). The van der Waals surface area contributed by atoms with Gasteiger partial charge in [0.25, 0.3) is 0 Å². The lowest BCUT2D eigenvalue weighted by atomic mass is 9.85. The van der Waals surface area contributed by atoms with Crippen LogP contribution in [-0.2, 0) is 17.9 Å². The van der Waals surface area contributed by atoms with Crippen molar-refractivity contribution in [2.24, 2.45) is 5.41 Å². The maximum Gasteiger partial charge on any atom is 0.230 e. The lowest BCUT2D eigenvalue weighted by molar-refractivity contribution is -0.136. The third kappa shape index (κ3) is 2.96. The smallest absolute Gasteiger partial charge is 0.230 e. The highest BCUT2D eigenvalue weighted by molar-refractivity contribution is 7.09. The van der Waals surface area contributed by atoms with Crippen molar-refractivity contribution in [2.75, 3.05) is 19.6 Å². The molecule has 0 aliphatic carbocycles. The van der Waals surface area contributed by atoms with Crippen LogP contribution in [0.3, 0.4) is 0 Å². The van der Waals surface area contributed by atoms with Gasteiger partial charge >= 0.3 is 0 Å². The lowest BCUT2D eigenvalue weighted by Crippen LogP contribution is -2.36. The number of thiazole rings is 1. The molecule has 5 nitrogen and oxygen atoms in total. The first-order valence-electron chi connectivity index (χ1n) is 8.46. The fourth-order valence-electron chi connectivity index (χ4n) is 3.94. The van der Waals surface area contributed by atoms with Gasteiger partial charge < -0.3 is 4.90 Å². The molecule has 2 aromatic rings. The van der Waals surface area contributed by atoms with Gasteiger partial charge in [-0.05, 0) is 37.9 Å². The molecule has 1 atom stereocenters. The molecule has 0 saturated carbocycles. The summed E-state index contributed by atoms with van der Waals surface area (Å²) in [5.41, 5.74) is 2.07. The molecule has 2 aliphatic heterocycles. The Morgan fingerprint density at radius 3 is 2.92 bits per heavy atom. The summed E-state index contributed by atoms with van der Waals surface area (Å²) in [6, 6.07) is 4.07. The molecule has 0 N–H and O–H groups in total. The van der Waals surface area contributed by atoms with E-state index >= 15 is 0 Å². The second-order valence-corrected chi connectivity index (χ2v) is 8.00. The van der Waals surface area contributed by atoms with E-state index in [4.69, 9.17) is 0 Å². The Bertz CT molecular complexity index is 732. The number of carbonyl (C=O) groups is 1. The van der Waals surface area contributed by atoms with Crippen LogP contribution < -0.4 is 0 Å². The first-order valence-corrected chi connectivity index (χ1v) is 9.34. The van der Waals surface area contributed by atoms with Gasteiger partial charge in [0.05, 0.1) is 22.7 Å². The highest BCUT2D eigenvalue weighted by atomic mass is 32.1. The zero-order valence-electron chi connectivity index (χ0n) is 13.9. The monoisotopic (exact) mass is 342 g/mol. The molecule has 2 saturated heterocycles. The molecule has 0 radical (unpaired) electrons. The number of aromatic nitrogens is 2. The van der Waals surface area contributed by atoms with E-state index in [9.17, 15) is 4.79 Å². The largest absolute Gasteiger partial charge is 0.336 e. The summed E-state index contributed by atoms with van der Waals surface area (Å²) < 4.78 is 0. The zero-order valence-corrected chi connectivity index (χ0v) is 14.8. The van der Waals surface area contributed by atoms with E-state index in [0.29, 0.717) is 12.5 Å². The number of pyridine rings is 1. The molecule has 0 bridgehead atoms. The number of aryl methyl sites for hydroxylation is 1. The SMILES string of the molecule is Cc1nc(CN2CCC3(CCN(Cc4cccnc4)C3)C2=O)cs1. The van der Waals surface area contributed by atoms with Crippen LogP contribution in [0, 0.1) is 12.3 Å². The second-order valence-electron chi connectivity index (χ2n) is 6.94. The topological polar surface area (TPSA) is 49.3 Å². The van der Waals surface area contributed by atoms with E-state index in [2.05, 4.69) is 26.3 Å². The van der Waals surface area contributed by atoms with Crippen molar-refractivity contribution >= 4 is 17.2 Å². The standard InChI is InChI=1S/C18H22N4OS/c1-14-20-16(12-24-14)11-22-8-5-18(17(22)23)4-7-21(13-18)10-15-3-2-6-19-9-15/h2-3,6,9,12H,4-5,7-8,10-11,13H2,1H3. The Hall–Kier alpha value is -1.79. The maximum absolute atomic E-state index is 13.0. The van der Waals surface area contributed by atoms with E-state index < -0.39 is 0 Å². The number of likely N-dealkylation sites (tertiary alicyclic amines) is 2. The summed E-state index contributed by atoms with van der Waals surface area (Å²) in [5.74, 6) is 0.321. The third-order valence-electron chi connectivity index (χ3n) is 5.18. The molecule has 2 aromatic heterocycles. The molecule has 1 amide bonds. The molecular formula is C18H22N4OS. The van der Waals surface area contributed by atoms with Gasteiger partial charge in [0.1, 0.15) is 0 Å². The molecule has 1 unspecified atom stereocenters. The minimum Gasteiger partial charge on any atom is -0.336 e. The molecule has 126 valence electrons. The Morgan fingerprint density at radius 2 is 2.17 bits per heavy atom. The van der Waals surface area contributed by atoms with E-state index in [1.165, 1.54) is 5.56 Å². The van der Waals surface area contributed by atoms with Crippen molar-refractivity contribution < 1.29 is 4.79 Å². The second kappa shape index (κ2) is 6.26. The van der Waals surface area contributed by atoms with Gasteiger partial charge in [-0.2, -0.15) is 0 Å². The van der Waals surface area contributed by atoms with Gasteiger partial charge in [0.15, 0.2) is 0 Å². The fourth-order valence-corrected chi connectivity index (χ4v) is 4.55. The predicted molar refractivity (Wildman–Crippen MR) is 93.4 cm³/mol. The Kier molecular flexibility index (Phi) is 4.10. The molecule has 2 fully saturated rings. The highest BCUT2D eigenvalue weighted by Crippen LogP contribution is 2.41. The van der Waals surface area contributed by atoms with Gasteiger partial charge in [-0.1, -0.05) is 6.07 Å². The summed E-state index contributed by atoms with van der Waals surface area (Å²) in [6.45, 7) is 6.27. The Labute approximate surface area is 146 Å². The van der Waals surface area contributed by atoms with Gasteiger partial charge in [0.2, 0.25) is 5.91 Å². The Morgan fingerprint density at radius 1 is 1.29 bits per heavy atom. The zero-order chi connectivity index (χ0) is 16.6. The molecule has 4 heterocycles. The van der Waals surface area contributed by atoms with Crippen LogP contribution in [0.5, 0.6) is 0 Å². The van der Waals surface area contributed by atoms with Crippen molar-refractivity contribution in [2.45, 2.75) is 32.9 Å². The maximum atomic E-state index is 13.0. The quantitative estimate of drug-likeness (QED) is 0.856. The highest BCUT2D eigenvalue weighted by Gasteiger charge is 2.50. The van der Waals surface area contributed by atoms with Gasteiger partial charge in [-0.25, -0.2) is 4.98 Å². The van der Waals surface area contributed by atoms with Crippen LogP contribution in [0.15, 0.2) is 29.9 Å². The van der Waals surface area contributed by atoms with Crippen LogP contribution in [0.1, 0.15) is 29.1 Å². The minimum absolute atomic E-state index is 0.173. The van der Waals surface area contributed by atoms with E-state index in [0.717, 1.165) is 49.7 Å². The van der Waals surface area contributed by atoms with Gasteiger partial charge in [0, 0.05) is 37.4 Å². The van der Waals surface area contributed by atoms with Crippen LogP contribution in [0.25, 0.3) is 0 Å². The number of hydrogen-bond donors (Lipinski definition) is 0. The number of hydrogen-bond acceptors (Lipinski definition) is 5. The molecule has 2 aliphatic rings. The number of carbonyl (C=O) groups excluding carboxylic acids is 1. The van der Waals surface area contributed by atoms with E-state index in [1.807, 2.05) is 24.1 Å². The average molecular weight is 342 g/mol. The summed E-state index contributed by atoms with van der Waals surface area (Å²) in [6.07, 6.45) is 5.66. The molecule has 24 heavy (non-hydrogen) atoms.